The lowest BCUT2D eigenvalue weighted by molar-refractivity contribution is 0.0697. The number of amides is 1. The lowest BCUT2D eigenvalue weighted by Crippen LogP contribution is -2.22. The zero-order chi connectivity index (χ0) is 27.7. The Morgan fingerprint density at radius 2 is 1.58 bits per heavy atom. The summed E-state index contributed by atoms with van der Waals surface area (Å²) in [5.74, 6) is -0.911. The number of carboxylic acids is 1. The highest BCUT2D eigenvalue weighted by Crippen LogP contribution is 2.25. The summed E-state index contributed by atoms with van der Waals surface area (Å²) in [5, 5.41) is 14.1. The smallest absolute Gasteiger partial charge is 0.336 e. The molecular formula is C33H35NO3S. The molecule has 0 saturated carbocycles. The van der Waals surface area contributed by atoms with E-state index in [0.717, 1.165) is 28.0 Å². The van der Waals surface area contributed by atoms with Gasteiger partial charge in [-0.15, -0.1) is 11.3 Å². The number of nitrogens with one attached hydrogen (secondary N) is 1. The van der Waals surface area contributed by atoms with Crippen LogP contribution in [0.1, 0.15) is 70.0 Å². The van der Waals surface area contributed by atoms with Gasteiger partial charge < -0.3 is 10.4 Å². The lowest BCUT2D eigenvalue weighted by atomic mass is 9.96. The van der Waals surface area contributed by atoms with E-state index in [4.69, 9.17) is 5.11 Å². The lowest BCUT2D eigenvalue weighted by Gasteiger charge is -2.11. The Morgan fingerprint density at radius 1 is 0.868 bits per heavy atom. The first-order chi connectivity index (χ1) is 18.2. The van der Waals surface area contributed by atoms with Crippen LogP contribution in [0.3, 0.4) is 0 Å². The molecule has 0 atom stereocenters. The highest BCUT2D eigenvalue weighted by molar-refractivity contribution is 7.09. The molecule has 1 heterocycles. The van der Waals surface area contributed by atoms with Crippen molar-refractivity contribution in [3.63, 3.8) is 0 Å². The third kappa shape index (κ3) is 7.53. The second kappa shape index (κ2) is 13.5. The number of rotatable bonds is 7. The van der Waals surface area contributed by atoms with Gasteiger partial charge in [-0.3, -0.25) is 4.79 Å². The van der Waals surface area contributed by atoms with E-state index in [9.17, 15) is 9.59 Å². The summed E-state index contributed by atoms with van der Waals surface area (Å²) in [6, 6.07) is 25.0. The van der Waals surface area contributed by atoms with Gasteiger partial charge >= 0.3 is 5.97 Å². The van der Waals surface area contributed by atoms with E-state index in [1.54, 1.807) is 23.5 Å². The molecule has 1 aromatic heterocycles. The van der Waals surface area contributed by atoms with Crippen molar-refractivity contribution in [3.8, 4) is 11.1 Å². The molecule has 0 aliphatic rings. The first-order valence-electron chi connectivity index (χ1n) is 12.7. The maximum Gasteiger partial charge on any atom is 0.336 e. The van der Waals surface area contributed by atoms with Gasteiger partial charge in [0.15, 0.2) is 0 Å². The molecule has 0 radical (unpaired) electrons. The molecule has 0 spiro atoms. The predicted octanol–water partition coefficient (Wildman–Crippen LogP) is 8.41. The Hall–Kier alpha value is -3.96. The Labute approximate surface area is 229 Å². The number of aryl methyl sites for hydroxylation is 2. The van der Waals surface area contributed by atoms with E-state index < -0.39 is 5.97 Å². The van der Waals surface area contributed by atoms with Crippen molar-refractivity contribution in [3.05, 3.63) is 123 Å². The molecule has 0 aliphatic heterocycles. The van der Waals surface area contributed by atoms with Gasteiger partial charge in [0.05, 0.1) is 12.1 Å². The van der Waals surface area contributed by atoms with Crippen LogP contribution in [0.15, 0.2) is 89.8 Å². The summed E-state index contributed by atoms with van der Waals surface area (Å²) < 4.78 is 0. The zero-order valence-corrected chi connectivity index (χ0v) is 23.5. The van der Waals surface area contributed by atoms with E-state index >= 15 is 0 Å². The summed E-state index contributed by atoms with van der Waals surface area (Å²) in [6.07, 6.45) is 0.987. The number of aromatic carboxylic acids is 1. The largest absolute Gasteiger partial charge is 0.478 e. The molecule has 1 amide bonds. The van der Waals surface area contributed by atoms with Crippen molar-refractivity contribution in [1.29, 1.82) is 0 Å². The third-order valence-electron chi connectivity index (χ3n) is 6.49. The molecule has 0 saturated heterocycles. The van der Waals surface area contributed by atoms with Crippen molar-refractivity contribution >= 4 is 28.8 Å². The van der Waals surface area contributed by atoms with Crippen molar-refractivity contribution in [2.24, 2.45) is 0 Å². The summed E-state index contributed by atoms with van der Waals surface area (Å²) in [5.41, 5.74) is 8.88. The van der Waals surface area contributed by atoms with Crippen LogP contribution in [-0.2, 0) is 13.0 Å². The molecule has 196 valence electrons. The van der Waals surface area contributed by atoms with Crippen LogP contribution >= 0.6 is 11.3 Å². The van der Waals surface area contributed by atoms with Gasteiger partial charge in [0.2, 0.25) is 0 Å². The molecule has 0 fully saturated rings. The number of carbonyl (C=O) groups is 2. The Bertz CT molecular complexity index is 1410. The van der Waals surface area contributed by atoms with E-state index in [1.807, 2.05) is 72.1 Å². The maximum absolute atomic E-state index is 12.3. The van der Waals surface area contributed by atoms with Crippen LogP contribution < -0.4 is 5.32 Å². The molecule has 38 heavy (non-hydrogen) atoms. The second-order valence-corrected chi connectivity index (χ2v) is 10.4. The topological polar surface area (TPSA) is 66.4 Å². The number of thiophene rings is 1. The van der Waals surface area contributed by atoms with Gasteiger partial charge in [-0.1, -0.05) is 67.1 Å². The maximum atomic E-state index is 12.3. The monoisotopic (exact) mass is 525 g/mol. The minimum atomic E-state index is -0.889. The number of carbonyl (C=O) groups excluding carboxylic acids is 1. The highest BCUT2D eigenvalue weighted by atomic mass is 32.1. The fourth-order valence-electron chi connectivity index (χ4n) is 3.96. The van der Waals surface area contributed by atoms with Crippen molar-refractivity contribution in [1.82, 2.24) is 5.32 Å². The van der Waals surface area contributed by atoms with Gasteiger partial charge in [0.25, 0.3) is 5.91 Å². The highest BCUT2D eigenvalue weighted by Gasteiger charge is 2.11. The Balaban J connectivity index is 0.000000215. The van der Waals surface area contributed by atoms with Crippen LogP contribution in [-0.4, -0.2) is 17.0 Å². The molecule has 4 aromatic rings. The van der Waals surface area contributed by atoms with E-state index in [1.165, 1.54) is 22.3 Å². The molecule has 3 aromatic carbocycles. The Kier molecular flexibility index (Phi) is 10.2. The third-order valence-corrected chi connectivity index (χ3v) is 7.36. The van der Waals surface area contributed by atoms with Gasteiger partial charge in [0, 0.05) is 10.4 Å². The normalized spacial score (nSPS) is 10.2. The fourth-order valence-corrected chi connectivity index (χ4v) is 4.61. The summed E-state index contributed by atoms with van der Waals surface area (Å²) in [4.78, 5) is 24.6. The summed E-state index contributed by atoms with van der Waals surface area (Å²) in [7, 11) is 0. The summed E-state index contributed by atoms with van der Waals surface area (Å²) in [6.45, 7) is 11.1. The molecule has 4 rings (SSSR count). The van der Waals surface area contributed by atoms with Crippen LogP contribution in [0.5, 0.6) is 0 Å². The molecule has 0 bridgehead atoms. The molecule has 0 aliphatic carbocycles. The van der Waals surface area contributed by atoms with Crippen molar-refractivity contribution in [2.45, 2.75) is 47.6 Å². The molecule has 4 nitrogen and oxygen atoms in total. The van der Waals surface area contributed by atoms with Gasteiger partial charge in [-0.05, 0) is 97.2 Å². The average Bonchev–Trinajstić information content (AvgIpc) is 3.46. The second-order valence-electron chi connectivity index (χ2n) is 9.32. The molecule has 2 N–H and O–H groups in total. The van der Waals surface area contributed by atoms with Gasteiger partial charge in [-0.2, -0.15) is 0 Å². The Morgan fingerprint density at radius 3 is 2.18 bits per heavy atom. The minimum Gasteiger partial charge on any atom is -0.478 e. The number of carboxylic acid groups (broad SMARTS) is 1. The molecule has 0 unspecified atom stereocenters. The fraction of sp³-hybridized carbons (Fsp3) is 0.212. The molecular weight excluding hydrogens is 490 g/mol. The first kappa shape index (κ1) is 28.6. The van der Waals surface area contributed by atoms with Gasteiger partial charge in [-0.25, -0.2) is 4.79 Å². The SMILES string of the molecule is CC(C)=C(C)c1cc(C(=O)NCc2cccs2)ccc1C.CCc1ccc(-c2ccccc2C(=O)O)cc1. The zero-order valence-electron chi connectivity index (χ0n) is 22.7. The van der Waals surface area contributed by atoms with Crippen LogP contribution in [0.4, 0.5) is 0 Å². The van der Waals surface area contributed by atoms with Crippen molar-refractivity contribution < 1.29 is 14.7 Å². The molecule has 5 heteroatoms. The number of hydrogen-bond donors (Lipinski definition) is 2. The van der Waals surface area contributed by atoms with Gasteiger partial charge in [0.1, 0.15) is 0 Å². The number of benzene rings is 3. The van der Waals surface area contributed by atoms with Crippen LogP contribution in [0.2, 0.25) is 0 Å². The quantitative estimate of drug-likeness (QED) is 0.254. The average molecular weight is 526 g/mol. The summed E-state index contributed by atoms with van der Waals surface area (Å²) >= 11 is 1.65. The standard InChI is InChI=1S/C18H21NOS.C15H14O2/c1-12(2)14(4)17-10-15(8-7-13(17)3)18(20)19-11-16-6-5-9-21-16;1-2-11-7-9-12(10-8-11)13-5-3-4-6-14(13)15(16)17/h5-10H,11H2,1-4H3,(H,19,20);3-10H,2H2,1H3,(H,16,17). The van der Waals surface area contributed by atoms with Crippen molar-refractivity contribution in [2.75, 3.05) is 0 Å². The predicted molar refractivity (Wildman–Crippen MR) is 159 cm³/mol. The van der Waals surface area contributed by atoms with E-state index in [-0.39, 0.29) is 5.91 Å². The number of allylic oxidation sites excluding steroid dienone is 2. The number of hydrogen-bond acceptors (Lipinski definition) is 3. The van der Waals surface area contributed by atoms with E-state index in [0.29, 0.717) is 17.7 Å². The van der Waals surface area contributed by atoms with Crippen LogP contribution in [0, 0.1) is 6.92 Å². The minimum absolute atomic E-state index is 0.0220. The first-order valence-corrected chi connectivity index (χ1v) is 13.6. The van der Waals surface area contributed by atoms with E-state index in [2.05, 4.69) is 39.9 Å². The van der Waals surface area contributed by atoms with Crippen LogP contribution in [0.25, 0.3) is 16.7 Å².